The molecule has 0 aromatic heterocycles. The van der Waals surface area contributed by atoms with Gasteiger partial charge in [0.05, 0.1) is 24.6 Å². The first-order chi connectivity index (χ1) is 12.8. The van der Waals surface area contributed by atoms with Crippen molar-refractivity contribution in [1.29, 1.82) is 0 Å². The molecule has 0 saturated heterocycles. The molecule has 0 atom stereocenters. The second-order valence-electron chi connectivity index (χ2n) is 6.16. The molecule has 2 aromatic carbocycles. The van der Waals surface area contributed by atoms with E-state index in [0.717, 1.165) is 5.56 Å². The van der Waals surface area contributed by atoms with Crippen molar-refractivity contribution in [3.05, 3.63) is 59.2 Å². The number of nitrogens with zero attached hydrogens (tertiary/aromatic N) is 1. The summed E-state index contributed by atoms with van der Waals surface area (Å²) in [4.78, 5) is 23.8. The number of ketones is 1. The molecule has 0 N–H and O–H groups in total. The monoisotopic (exact) mass is 389 g/mol. The Morgan fingerprint density at radius 3 is 2.37 bits per heavy atom. The molecular formula is C19H19NO6S. The molecule has 0 saturated carbocycles. The molecule has 7 nitrogen and oxygen atoms in total. The zero-order valence-electron chi connectivity index (χ0n) is 15.0. The topological polar surface area (TPSA) is 90.0 Å². The molecule has 1 aliphatic rings. The van der Waals surface area contributed by atoms with Gasteiger partial charge >= 0.3 is 5.97 Å². The Morgan fingerprint density at radius 2 is 1.74 bits per heavy atom. The number of hydrogen-bond acceptors (Lipinski definition) is 6. The first-order valence-electron chi connectivity index (χ1n) is 8.24. The van der Waals surface area contributed by atoms with Gasteiger partial charge in [0, 0.05) is 12.1 Å². The van der Waals surface area contributed by atoms with E-state index >= 15 is 0 Å². The van der Waals surface area contributed by atoms with Crippen LogP contribution in [0.15, 0.2) is 42.5 Å². The van der Waals surface area contributed by atoms with Crippen molar-refractivity contribution in [3.8, 4) is 5.75 Å². The number of rotatable bonds is 6. The van der Waals surface area contributed by atoms with E-state index in [1.165, 1.54) is 17.7 Å². The standard InChI is InChI=1S/C19H19NO6S/c1-25-19(22)13-3-6-16(7-4-13)26-12-18(21)15-5-8-17-14(11-15)9-10-20(17)27(2,23)24/h3-8,11H,9-10,12H2,1-2H3. The van der Waals surface area contributed by atoms with Gasteiger partial charge in [-0.3, -0.25) is 9.10 Å². The second kappa shape index (κ2) is 7.40. The number of methoxy groups -OCH3 is 1. The molecule has 0 amide bonds. The van der Waals surface area contributed by atoms with Gasteiger partial charge in [-0.2, -0.15) is 0 Å². The Morgan fingerprint density at radius 1 is 1.07 bits per heavy atom. The maximum atomic E-state index is 12.4. The average Bonchev–Trinajstić information content (AvgIpc) is 3.09. The average molecular weight is 389 g/mol. The van der Waals surface area contributed by atoms with Crippen LogP contribution in [0.1, 0.15) is 26.3 Å². The minimum atomic E-state index is -3.32. The van der Waals surface area contributed by atoms with Crippen molar-refractivity contribution >= 4 is 27.5 Å². The molecule has 0 bridgehead atoms. The Hall–Kier alpha value is -2.87. The van der Waals surface area contributed by atoms with Gasteiger partial charge in [0.15, 0.2) is 12.4 Å². The lowest BCUT2D eigenvalue weighted by Crippen LogP contribution is -2.27. The van der Waals surface area contributed by atoms with Gasteiger partial charge in [-0.25, -0.2) is 13.2 Å². The van der Waals surface area contributed by atoms with Crippen LogP contribution in [0.25, 0.3) is 0 Å². The van der Waals surface area contributed by atoms with Crippen LogP contribution in [-0.4, -0.2) is 46.7 Å². The molecule has 0 unspecified atom stereocenters. The molecule has 0 radical (unpaired) electrons. The third-order valence-corrected chi connectivity index (χ3v) is 5.48. The molecular weight excluding hydrogens is 370 g/mol. The number of anilines is 1. The summed E-state index contributed by atoms with van der Waals surface area (Å²) in [6.45, 7) is 0.223. The SMILES string of the molecule is COC(=O)c1ccc(OCC(=O)c2ccc3c(c2)CCN3S(C)(=O)=O)cc1. The highest BCUT2D eigenvalue weighted by Crippen LogP contribution is 2.30. The normalized spacial score (nSPS) is 13.2. The second-order valence-corrected chi connectivity index (χ2v) is 8.06. The Balaban J connectivity index is 1.66. The van der Waals surface area contributed by atoms with Crippen molar-refractivity contribution in [3.63, 3.8) is 0 Å². The van der Waals surface area contributed by atoms with Gasteiger partial charge in [-0.15, -0.1) is 0 Å². The molecule has 142 valence electrons. The maximum absolute atomic E-state index is 12.4. The molecule has 27 heavy (non-hydrogen) atoms. The number of Topliss-reactive ketones (excluding diaryl/α,β-unsaturated/α-hetero) is 1. The van der Waals surface area contributed by atoms with Gasteiger partial charge in [0.1, 0.15) is 5.75 Å². The van der Waals surface area contributed by atoms with Crippen LogP contribution in [0, 0.1) is 0 Å². The highest BCUT2D eigenvalue weighted by Gasteiger charge is 2.26. The lowest BCUT2D eigenvalue weighted by atomic mass is 10.1. The molecule has 3 rings (SSSR count). The summed E-state index contributed by atoms with van der Waals surface area (Å²) in [5.74, 6) is -0.202. The van der Waals surface area contributed by atoms with E-state index in [1.54, 1.807) is 42.5 Å². The summed E-state index contributed by atoms with van der Waals surface area (Å²) < 4.78 is 35.0. The number of benzene rings is 2. The van der Waals surface area contributed by atoms with Crippen LogP contribution in [0.4, 0.5) is 5.69 Å². The zero-order valence-corrected chi connectivity index (χ0v) is 15.8. The summed E-state index contributed by atoms with van der Waals surface area (Å²) in [6, 6.07) is 11.3. The molecule has 8 heteroatoms. The quantitative estimate of drug-likeness (QED) is 0.555. The summed E-state index contributed by atoms with van der Waals surface area (Å²) in [5.41, 5.74) is 2.31. The number of carbonyl (C=O) groups is 2. The predicted octanol–water partition coefficient (Wildman–Crippen LogP) is 2.06. The van der Waals surface area contributed by atoms with E-state index in [2.05, 4.69) is 4.74 Å². The molecule has 2 aromatic rings. The first kappa shape index (κ1) is 18.9. The van der Waals surface area contributed by atoms with Gasteiger partial charge in [0.25, 0.3) is 0 Å². The first-order valence-corrected chi connectivity index (χ1v) is 10.1. The van der Waals surface area contributed by atoms with Crippen molar-refractivity contribution in [2.45, 2.75) is 6.42 Å². The number of sulfonamides is 1. The Labute approximate surface area is 157 Å². The fourth-order valence-corrected chi connectivity index (χ4v) is 3.89. The van der Waals surface area contributed by atoms with Crippen molar-refractivity contribution in [2.75, 3.05) is 30.8 Å². The highest BCUT2D eigenvalue weighted by molar-refractivity contribution is 7.92. The number of hydrogen-bond donors (Lipinski definition) is 0. The zero-order chi connectivity index (χ0) is 19.6. The third-order valence-electron chi connectivity index (χ3n) is 4.30. The van der Waals surface area contributed by atoms with Crippen LogP contribution in [0.2, 0.25) is 0 Å². The van der Waals surface area contributed by atoms with Crippen molar-refractivity contribution < 1.29 is 27.5 Å². The smallest absolute Gasteiger partial charge is 0.337 e. The lowest BCUT2D eigenvalue weighted by Gasteiger charge is -2.16. The number of carbonyl (C=O) groups excluding carboxylic acids is 2. The van der Waals surface area contributed by atoms with Crippen molar-refractivity contribution in [1.82, 2.24) is 0 Å². The van der Waals surface area contributed by atoms with Crippen LogP contribution in [-0.2, 0) is 21.2 Å². The third kappa shape index (κ3) is 4.11. The van der Waals surface area contributed by atoms with E-state index < -0.39 is 16.0 Å². The highest BCUT2D eigenvalue weighted by atomic mass is 32.2. The van der Waals surface area contributed by atoms with E-state index in [9.17, 15) is 18.0 Å². The molecule has 1 aliphatic heterocycles. The molecule has 0 aliphatic carbocycles. The van der Waals surface area contributed by atoms with Gasteiger partial charge < -0.3 is 9.47 Å². The van der Waals surface area contributed by atoms with E-state index in [-0.39, 0.29) is 12.4 Å². The number of esters is 1. The Bertz CT molecular complexity index is 982. The van der Waals surface area contributed by atoms with Crippen LogP contribution < -0.4 is 9.04 Å². The minimum Gasteiger partial charge on any atom is -0.485 e. The van der Waals surface area contributed by atoms with Crippen LogP contribution in [0.5, 0.6) is 5.75 Å². The van der Waals surface area contributed by atoms with Crippen LogP contribution >= 0.6 is 0 Å². The van der Waals surface area contributed by atoms with E-state index in [0.29, 0.717) is 35.5 Å². The van der Waals surface area contributed by atoms with E-state index in [4.69, 9.17) is 4.74 Å². The molecule has 1 heterocycles. The largest absolute Gasteiger partial charge is 0.485 e. The number of fused-ring (bicyclic) bond motifs is 1. The Kier molecular flexibility index (Phi) is 5.18. The maximum Gasteiger partial charge on any atom is 0.337 e. The summed E-state index contributed by atoms with van der Waals surface area (Å²) in [5, 5.41) is 0. The summed E-state index contributed by atoms with van der Waals surface area (Å²) >= 11 is 0. The van der Waals surface area contributed by atoms with Crippen molar-refractivity contribution in [2.24, 2.45) is 0 Å². The molecule has 0 spiro atoms. The van der Waals surface area contributed by atoms with Gasteiger partial charge in [-0.1, -0.05) is 0 Å². The summed E-state index contributed by atoms with van der Waals surface area (Å²) in [6.07, 6.45) is 1.74. The fraction of sp³-hybridized carbons (Fsp3) is 0.263. The summed E-state index contributed by atoms with van der Waals surface area (Å²) in [7, 11) is -2.01. The van der Waals surface area contributed by atoms with Gasteiger partial charge in [0.2, 0.25) is 10.0 Å². The molecule has 0 fully saturated rings. The fourth-order valence-electron chi connectivity index (χ4n) is 2.93. The minimum absolute atomic E-state index is 0.161. The van der Waals surface area contributed by atoms with Gasteiger partial charge in [-0.05, 0) is 54.4 Å². The predicted molar refractivity (Wildman–Crippen MR) is 99.9 cm³/mol. The van der Waals surface area contributed by atoms with Crippen LogP contribution in [0.3, 0.4) is 0 Å². The number of ether oxygens (including phenoxy) is 2. The van der Waals surface area contributed by atoms with E-state index in [1.807, 2.05) is 0 Å². The lowest BCUT2D eigenvalue weighted by molar-refractivity contribution is 0.0600.